The molecule has 3 amide bonds. The van der Waals surface area contributed by atoms with Crippen molar-refractivity contribution in [3.8, 4) is 0 Å². The number of nitrogens with zero attached hydrogens (tertiary/aromatic N) is 1. The first-order valence-electron chi connectivity index (χ1n) is 13.7. The molecule has 39 heavy (non-hydrogen) atoms. The van der Waals surface area contributed by atoms with Gasteiger partial charge in [0.25, 0.3) is 5.91 Å². The molecule has 1 atom stereocenters. The van der Waals surface area contributed by atoms with Crippen LogP contribution < -0.4 is 16.0 Å². The van der Waals surface area contributed by atoms with Crippen LogP contribution in [0.4, 0.5) is 0 Å². The van der Waals surface area contributed by atoms with Crippen molar-refractivity contribution in [3.63, 3.8) is 0 Å². The summed E-state index contributed by atoms with van der Waals surface area (Å²) < 4.78 is 0. The fourth-order valence-electron chi connectivity index (χ4n) is 5.54. The van der Waals surface area contributed by atoms with E-state index in [0.717, 1.165) is 53.4 Å². The number of rotatable bonds is 7. The van der Waals surface area contributed by atoms with Crippen LogP contribution in [0.2, 0.25) is 0 Å². The molecular formula is C31H37ClN4O3. The highest BCUT2D eigenvalue weighted by Gasteiger charge is 2.31. The molecule has 206 valence electrons. The maximum Gasteiger partial charge on any atom is 0.251 e. The van der Waals surface area contributed by atoms with Crippen molar-refractivity contribution in [2.45, 2.75) is 45.2 Å². The molecular weight excluding hydrogens is 512 g/mol. The first-order valence-corrected chi connectivity index (χ1v) is 13.7. The van der Waals surface area contributed by atoms with Crippen molar-refractivity contribution < 1.29 is 14.4 Å². The number of halogens is 1. The normalized spacial score (nSPS) is 16.1. The molecule has 8 heteroatoms. The summed E-state index contributed by atoms with van der Waals surface area (Å²) in [5, 5.41) is 11.5. The number of carbonyl (C=O) groups is 3. The van der Waals surface area contributed by atoms with Crippen LogP contribution in [0.25, 0.3) is 10.8 Å². The van der Waals surface area contributed by atoms with Crippen molar-refractivity contribution in [2.24, 2.45) is 5.92 Å². The summed E-state index contributed by atoms with van der Waals surface area (Å²) in [6.45, 7) is 5.16. The number of piperidine rings is 1. The molecule has 0 spiro atoms. The van der Waals surface area contributed by atoms with Gasteiger partial charge in [0.1, 0.15) is 6.04 Å². The molecule has 1 fully saturated rings. The molecule has 5 rings (SSSR count). The minimum Gasteiger partial charge on any atom is -0.352 e. The summed E-state index contributed by atoms with van der Waals surface area (Å²) in [6, 6.07) is 19.5. The highest BCUT2D eigenvalue weighted by atomic mass is 35.5. The summed E-state index contributed by atoms with van der Waals surface area (Å²) in [6.07, 6.45) is 2.70. The van der Waals surface area contributed by atoms with Crippen LogP contribution in [0.15, 0.2) is 60.7 Å². The predicted molar refractivity (Wildman–Crippen MR) is 156 cm³/mol. The van der Waals surface area contributed by atoms with Crippen LogP contribution in [0, 0.1) is 5.92 Å². The summed E-state index contributed by atoms with van der Waals surface area (Å²) >= 11 is 0. The maximum atomic E-state index is 13.9. The van der Waals surface area contributed by atoms with E-state index in [9.17, 15) is 14.4 Å². The van der Waals surface area contributed by atoms with E-state index in [1.54, 1.807) is 0 Å². The maximum absolute atomic E-state index is 13.9. The SMILES string of the molecule is CCNC(=O)c1ccc2c(c1)CCN(C(=O)C(Cc1ccc3ccccc3c1)NC(=O)C1CCNCC1)C2.Cl. The highest BCUT2D eigenvalue weighted by molar-refractivity contribution is 5.94. The predicted octanol–water partition coefficient (Wildman–Crippen LogP) is 3.62. The molecule has 3 aromatic carbocycles. The topological polar surface area (TPSA) is 90.5 Å². The van der Waals surface area contributed by atoms with E-state index in [4.69, 9.17) is 0 Å². The number of carbonyl (C=O) groups excluding carboxylic acids is 3. The zero-order valence-electron chi connectivity index (χ0n) is 22.4. The second kappa shape index (κ2) is 13.1. The van der Waals surface area contributed by atoms with Gasteiger partial charge in [0.05, 0.1) is 0 Å². The van der Waals surface area contributed by atoms with Crippen molar-refractivity contribution in [1.29, 1.82) is 0 Å². The second-order valence-electron chi connectivity index (χ2n) is 10.3. The van der Waals surface area contributed by atoms with E-state index < -0.39 is 6.04 Å². The molecule has 1 unspecified atom stereocenters. The number of amides is 3. The molecule has 2 aliphatic heterocycles. The number of nitrogens with one attached hydrogen (secondary N) is 3. The van der Waals surface area contributed by atoms with Gasteiger partial charge in [-0.05, 0) is 78.9 Å². The van der Waals surface area contributed by atoms with E-state index in [1.165, 1.54) is 0 Å². The molecule has 3 N–H and O–H groups in total. The third kappa shape index (κ3) is 6.78. The Balaban J connectivity index is 0.00000353. The lowest BCUT2D eigenvalue weighted by molar-refractivity contribution is -0.138. The number of fused-ring (bicyclic) bond motifs is 2. The van der Waals surface area contributed by atoms with E-state index in [0.29, 0.717) is 38.0 Å². The molecule has 7 nitrogen and oxygen atoms in total. The van der Waals surface area contributed by atoms with E-state index in [2.05, 4.69) is 40.2 Å². The Bertz CT molecular complexity index is 1340. The van der Waals surface area contributed by atoms with Gasteiger partial charge in [-0.1, -0.05) is 48.5 Å². The van der Waals surface area contributed by atoms with Gasteiger partial charge in [0.15, 0.2) is 0 Å². The van der Waals surface area contributed by atoms with Crippen molar-refractivity contribution in [3.05, 3.63) is 82.9 Å². The summed E-state index contributed by atoms with van der Waals surface area (Å²) in [4.78, 5) is 41.2. The van der Waals surface area contributed by atoms with Crippen molar-refractivity contribution >= 4 is 40.9 Å². The summed E-state index contributed by atoms with van der Waals surface area (Å²) in [7, 11) is 0. The van der Waals surface area contributed by atoms with Gasteiger partial charge in [0, 0.05) is 37.5 Å². The minimum absolute atomic E-state index is 0. The van der Waals surface area contributed by atoms with Crippen LogP contribution >= 0.6 is 12.4 Å². The Morgan fingerprint density at radius 3 is 2.51 bits per heavy atom. The highest BCUT2D eigenvalue weighted by Crippen LogP contribution is 2.23. The molecule has 2 aliphatic rings. The standard InChI is InChI=1S/C31H36N4O3.ClH/c1-2-33-29(36)26-9-10-27-20-35(16-13-25(27)19-26)31(38)28(34-30(37)23-11-14-32-15-12-23)18-21-7-8-22-5-3-4-6-24(22)17-21;/h3-10,17,19,23,28,32H,2,11-16,18,20H2,1H3,(H,33,36)(H,34,37);1H. The van der Waals surface area contributed by atoms with Gasteiger partial charge in [-0.25, -0.2) is 0 Å². The van der Waals surface area contributed by atoms with Gasteiger partial charge in [-0.2, -0.15) is 0 Å². The van der Waals surface area contributed by atoms with Crippen molar-refractivity contribution in [1.82, 2.24) is 20.9 Å². The molecule has 0 aromatic heterocycles. The molecule has 0 saturated carbocycles. The quantitative estimate of drug-likeness (QED) is 0.420. The first-order chi connectivity index (χ1) is 18.5. The lowest BCUT2D eigenvalue weighted by Gasteiger charge is -2.33. The molecule has 0 aliphatic carbocycles. The lowest BCUT2D eigenvalue weighted by atomic mass is 9.94. The van der Waals surface area contributed by atoms with Crippen LogP contribution in [-0.4, -0.2) is 54.8 Å². The fourth-order valence-corrected chi connectivity index (χ4v) is 5.54. The van der Waals surface area contributed by atoms with E-state index in [-0.39, 0.29) is 36.0 Å². The molecule has 0 radical (unpaired) electrons. The minimum atomic E-state index is -0.630. The molecule has 1 saturated heterocycles. The third-order valence-corrected chi connectivity index (χ3v) is 7.71. The Labute approximate surface area is 236 Å². The Morgan fingerprint density at radius 1 is 0.974 bits per heavy atom. The van der Waals surface area contributed by atoms with Gasteiger partial charge in [-0.3, -0.25) is 14.4 Å². The largest absolute Gasteiger partial charge is 0.352 e. The smallest absolute Gasteiger partial charge is 0.251 e. The zero-order valence-corrected chi connectivity index (χ0v) is 23.2. The van der Waals surface area contributed by atoms with Gasteiger partial charge >= 0.3 is 0 Å². The lowest BCUT2D eigenvalue weighted by Crippen LogP contribution is -2.52. The number of hydrogen-bond acceptors (Lipinski definition) is 4. The monoisotopic (exact) mass is 548 g/mol. The van der Waals surface area contributed by atoms with Gasteiger partial charge < -0.3 is 20.9 Å². The average molecular weight is 549 g/mol. The average Bonchev–Trinajstić information content (AvgIpc) is 2.96. The first kappa shape index (κ1) is 28.6. The van der Waals surface area contributed by atoms with Crippen LogP contribution in [-0.2, 0) is 29.0 Å². The fraction of sp³-hybridized carbons (Fsp3) is 0.387. The molecule has 0 bridgehead atoms. The van der Waals surface area contributed by atoms with Crippen LogP contribution in [0.5, 0.6) is 0 Å². The molecule has 3 aromatic rings. The number of hydrogen-bond donors (Lipinski definition) is 3. The Kier molecular flexibility index (Phi) is 9.59. The second-order valence-corrected chi connectivity index (χ2v) is 10.3. The van der Waals surface area contributed by atoms with Crippen LogP contribution in [0.3, 0.4) is 0 Å². The Morgan fingerprint density at radius 2 is 1.74 bits per heavy atom. The van der Waals surface area contributed by atoms with Crippen LogP contribution in [0.1, 0.15) is 46.8 Å². The van der Waals surface area contributed by atoms with E-state index >= 15 is 0 Å². The third-order valence-electron chi connectivity index (χ3n) is 7.71. The van der Waals surface area contributed by atoms with Gasteiger partial charge in [-0.15, -0.1) is 12.4 Å². The Hall–Kier alpha value is -3.42. The molecule has 2 heterocycles. The summed E-state index contributed by atoms with van der Waals surface area (Å²) in [5.74, 6) is -0.240. The number of benzene rings is 3. The van der Waals surface area contributed by atoms with Gasteiger partial charge in [0.2, 0.25) is 11.8 Å². The zero-order chi connectivity index (χ0) is 26.5. The summed E-state index contributed by atoms with van der Waals surface area (Å²) in [5.41, 5.74) is 3.82. The van der Waals surface area contributed by atoms with E-state index in [1.807, 2.05) is 48.2 Å². The van der Waals surface area contributed by atoms with Crippen molar-refractivity contribution in [2.75, 3.05) is 26.2 Å².